The van der Waals surface area contributed by atoms with Gasteiger partial charge in [-0.15, -0.1) is 0 Å². The molecule has 0 radical (unpaired) electrons. The number of nitrogens with two attached hydrogens (primary N) is 6. The molecular weight excluding hydrogens is 927 g/mol. The summed E-state index contributed by atoms with van der Waals surface area (Å²) < 4.78 is 0. The highest BCUT2D eigenvalue weighted by atomic mass is 32.2. The maximum atomic E-state index is 14.2. The molecule has 0 bridgehead atoms. The Hall–Kier alpha value is -6.99. The van der Waals surface area contributed by atoms with Crippen LogP contribution in [0.2, 0.25) is 0 Å². The molecule has 0 spiro atoms. The third-order valence-corrected chi connectivity index (χ3v) is 11.0. The lowest BCUT2D eigenvalue weighted by Crippen LogP contribution is -2.59. The fourth-order valence-electron chi connectivity index (χ4n) is 6.69. The molecule has 0 fully saturated rings. The average molecular weight is 998 g/mol. The van der Waals surface area contributed by atoms with E-state index in [1.54, 1.807) is 36.6 Å². The number of carboxylic acids is 1. The fourth-order valence-corrected chi connectivity index (χ4v) is 7.17. The lowest BCUT2D eigenvalue weighted by atomic mass is 10.0. The van der Waals surface area contributed by atoms with Crippen molar-refractivity contribution in [1.82, 2.24) is 37.2 Å². The Kier molecular flexibility index (Phi) is 28.3. The van der Waals surface area contributed by atoms with E-state index in [1.807, 2.05) is 30.3 Å². The highest BCUT2D eigenvalue weighted by molar-refractivity contribution is 7.98. The molecular formula is C45H71N15O9S. The summed E-state index contributed by atoms with van der Waals surface area (Å²) in [6.07, 6.45) is 3.43. The van der Waals surface area contributed by atoms with Crippen LogP contribution < -0.4 is 71.6 Å². The summed E-state index contributed by atoms with van der Waals surface area (Å²) >= 11 is 1.38. The number of thioether (sulfide) groups is 1. The standard InChI is InChI=1S/C45H71N15O9S/c1-70-23-19-33(59-42(67)35(25-29-14-6-3-7-15-29)56-37(62)27-54-36(61)26-55-38(63)30(47)24-28-12-4-2-5-13-28)41(66)58-31(17-10-21-52-44(48)49)39(64)57-32(18-11-22-53-45(50)51)40(65)60-34(43(68)69)16-8-9-20-46/h2-7,12-15,30-35H,8-11,16-27,46-47H2,1H3,(H,54,61)(H,55,63)(H,56,62)(H,57,64)(H,58,66)(H,59,67)(H,60,65)(H,68,69)(H4,48,49,52)(H4,50,51,53)/t30-,31-,32-,33-,34-,35-/m0/s1. The summed E-state index contributed by atoms with van der Waals surface area (Å²) in [5.41, 5.74) is 35.0. The maximum absolute atomic E-state index is 14.2. The van der Waals surface area contributed by atoms with Gasteiger partial charge in [-0.05, 0) is 87.5 Å². The number of guanidine groups is 2. The number of unbranched alkanes of at least 4 members (excludes halogenated alkanes) is 1. The van der Waals surface area contributed by atoms with Crippen molar-refractivity contribution in [3.8, 4) is 0 Å². The Morgan fingerprint density at radius 2 is 0.986 bits per heavy atom. The molecule has 25 heteroatoms. The van der Waals surface area contributed by atoms with E-state index in [0.29, 0.717) is 30.7 Å². The van der Waals surface area contributed by atoms with Gasteiger partial charge in [0.05, 0.1) is 19.1 Å². The lowest BCUT2D eigenvalue weighted by molar-refractivity contribution is -0.142. The number of amides is 7. The van der Waals surface area contributed by atoms with E-state index >= 15 is 0 Å². The Morgan fingerprint density at radius 3 is 1.46 bits per heavy atom. The molecule has 2 aromatic rings. The van der Waals surface area contributed by atoms with Gasteiger partial charge in [0.1, 0.15) is 30.2 Å². The number of aliphatic carboxylic acids is 1. The predicted molar refractivity (Wildman–Crippen MR) is 267 cm³/mol. The predicted octanol–water partition coefficient (Wildman–Crippen LogP) is -3.47. The largest absolute Gasteiger partial charge is 0.480 e. The molecule has 386 valence electrons. The SMILES string of the molecule is CSCC[C@H](NC(=O)[C@H](Cc1ccccc1)NC(=O)CNC(=O)CNC(=O)[C@@H](N)Cc1ccccc1)C(=O)N[C@@H](CCCN=C(N)N)C(=O)N[C@@H](CCCN=C(N)N)C(=O)N[C@@H](CCCCN)C(=O)O. The van der Waals surface area contributed by atoms with Crippen LogP contribution in [-0.4, -0.2) is 145 Å². The first kappa shape index (κ1) is 59.1. The molecule has 20 N–H and O–H groups in total. The zero-order valence-electron chi connectivity index (χ0n) is 39.5. The first-order valence-corrected chi connectivity index (χ1v) is 24.2. The molecule has 2 aromatic carbocycles. The van der Waals surface area contributed by atoms with Gasteiger partial charge in [-0.2, -0.15) is 11.8 Å². The van der Waals surface area contributed by atoms with Crippen LogP contribution in [0.3, 0.4) is 0 Å². The van der Waals surface area contributed by atoms with E-state index in [0.717, 1.165) is 5.56 Å². The first-order valence-electron chi connectivity index (χ1n) is 22.8. The number of benzene rings is 2. The third-order valence-electron chi connectivity index (χ3n) is 10.4. The minimum atomic E-state index is -1.32. The van der Waals surface area contributed by atoms with E-state index in [-0.39, 0.29) is 76.4 Å². The monoisotopic (exact) mass is 998 g/mol. The average Bonchev–Trinajstić information content (AvgIpc) is 3.32. The molecule has 0 unspecified atom stereocenters. The minimum absolute atomic E-state index is 0.0171. The van der Waals surface area contributed by atoms with Crippen molar-refractivity contribution in [3.05, 3.63) is 71.8 Å². The number of rotatable bonds is 34. The fraction of sp³-hybridized carbons (Fsp3) is 0.511. The van der Waals surface area contributed by atoms with E-state index in [9.17, 15) is 43.5 Å². The Labute approximate surface area is 411 Å². The number of hydrogen-bond acceptors (Lipinski definition) is 13. The van der Waals surface area contributed by atoms with Crippen molar-refractivity contribution < 1.29 is 43.5 Å². The van der Waals surface area contributed by atoms with Crippen molar-refractivity contribution in [2.45, 2.75) is 100 Å². The van der Waals surface area contributed by atoms with Crippen LogP contribution in [0, 0.1) is 0 Å². The number of hydrogen-bond donors (Lipinski definition) is 14. The third kappa shape index (κ3) is 24.9. The summed E-state index contributed by atoms with van der Waals surface area (Å²) in [5.74, 6) is -6.44. The number of carbonyl (C=O) groups excluding carboxylic acids is 7. The molecule has 0 saturated heterocycles. The van der Waals surface area contributed by atoms with Crippen molar-refractivity contribution in [1.29, 1.82) is 0 Å². The highest BCUT2D eigenvalue weighted by Gasteiger charge is 2.32. The molecule has 24 nitrogen and oxygen atoms in total. The summed E-state index contributed by atoms with van der Waals surface area (Å²) in [4.78, 5) is 114. The van der Waals surface area contributed by atoms with Gasteiger partial charge in [0, 0.05) is 19.5 Å². The van der Waals surface area contributed by atoms with Crippen LogP contribution in [0.15, 0.2) is 70.6 Å². The van der Waals surface area contributed by atoms with Crippen LogP contribution >= 0.6 is 11.8 Å². The molecule has 2 rings (SSSR count). The topological polar surface area (TPSA) is 422 Å². The number of nitrogens with one attached hydrogen (secondary N) is 7. The number of carbonyl (C=O) groups is 8. The Bertz CT molecular complexity index is 2040. The smallest absolute Gasteiger partial charge is 0.326 e. The van der Waals surface area contributed by atoms with Gasteiger partial charge in [0.2, 0.25) is 41.4 Å². The summed E-state index contributed by atoms with van der Waals surface area (Å²) in [6.45, 7) is -0.545. The molecule has 0 aliphatic rings. The molecule has 0 aromatic heterocycles. The minimum Gasteiger partial charge on any atom is -0.480 e. The van der Waals surface area contributed by atoms with Gasteiger partial charge in [0.15, 0.2) is 11.9 Å². The van der Waals surface area contributed by atoms with Crippen LogP contribution in [0.1, 0.15) is 62.5 Å². The second-order valence-corrected chi connectivity index (χ2v) is 17.1. The van der Waals surface area contributed by atoms with Crippen LogP contribution in [0.25, 0.3) is 0 Å². The van der Waals surface area contributed by atoms with E-state index < -0.39 is 96.7 Å². The maximum Gasteiger partial charge on any atom is 0.326 e. The normalized spacial score (nSPS) is 13.3. The van der Waals surface area contributed by atoms with Gasteiger partial charge in [0.25, 0.3) is 0 Å². The van der Waals surface area contributed by atoms with Crippen LogP contribution in [0.5, 0.6) is 0 Å². The molecule has 0 saturated carbocycles. The zero-order valence-corrected chi connectivity index (χ0v) is 40.3. The number of carboxylic acid groups (broad SMARTS) is 1. The molecule has 0 aliphatic heterocycles. The van der Waals surface area contributed by atoms with E-state index in [2.05, 4.69) is 47.2 Å². The first-order chi connectivity index (χ1) is 33.4. The molecule has 7 amide bonds. The van der Waals surface area contributed by atoms with Gasteiger partial charge in [-0.25, -0.2) is 4.79 Å². The quantitative estimate of drug-likeness (QED) is 0.0184. The summed E-state index contributed by atoms with van der Waals surface area (Å²) in [6, 6.07) is 10.5. The number of aliphatic imine (C=N–C) groups is 2. The Morgan fingerprint density at radius 1 is 0.543 bits per heavy atom. The summed E-state index contributed by atoms with van der Waals surface area (Å²) in [5, 5.41) is 27.8. The molecule has 0 aliphatic carbocycles. The van der Waals surface area contributed by atoms with Gasteiger partial charge in [-0.1, -0.05) is 60.7 Å². The van der Waals surface area contributed by atoms with Crippen molar-refractivity contribution in [3.63, 3.8) is 0 Å². The van der Waals surface area contributed by atoms with Gasteiger partial charge >= 0.3 is 5.97 Å². The van der Waals surface area contributed by atoms with E-state index in [1.165, 1.54) is 11.8 Å². The van der Waals surface area contributed by atoms with Crippen molar-refractivity contribution >= 4 is 71.0 Å². The second-order valence-electron chi connectivity index (χ2n) is 16.1. The molecule has 6 atom stereocenters. The molecule has 0 heterocycles. The zero-order chi connectivity index (χ0) is 51.8. The van der Waals surface area contributed by atoms with Crippen LogP contribution in [-0.2, 0) is 51.2 Å². The van der Waals surface area contributed by atoms with Crippen molar-refractivity contribution in [2.75, 3.05) is 44.7 Å². The highest BCUT2D eigenvalue weighted by Crippen LogP contribution is 2.10. The Balaban J connectivity index is 2.29. The lowest BCUT2D eigenvalue weighted by Gasteiger charge is -2.27. The summed E-state index contributed by atoms with van der Waals surface area (Å²) in [7, 11) is 0. The van der Waals surface area contributed by atoms with Gasteiger partial charge < -0.3 is 76.7 Å². The van der Waals surface area contributed by atoms with Gasteiger partial charge in [-0.3, -0.25) is 43.5 Å². The van der Waals surface area contributed by atoms with Crippen molar-refractivity contribution in [2.24, 2.45) is 44.4 Å². The van der Waals surface area contributed by atoms with Crippen LogP contribution in [0.4, 0.5) is 0 Å². The number of nitrogens with zero attached hydrogens (tertiary/aromatic N) is 2. The second kappa shape index (κ2) is 33.5. The van der Waals surface area contributed by atoms with E-state index in [4.69, 9.17) is 34.4 Å². The molecule has 70 heavy (non-hydrogen) atoms.